The lowest BCUT2D eigenvalue weighted by Gasteiger charge is -2.28. The molecule has 104 valence electrons. The first-order valence-electron chi connectivity index (χ1n) is 7.38. The maximum atomic E-state index is 11.8. The summed E-state index contributed by atoms with van der Waals surface area (Å²) in [6.07, 6.45) is 8.49. The molecule has 0 aromatic carbocycles. The van der Waals surface area contributed by atoms with Crippen LogP contribution in [0.4, 0.5) is 0 Å². The van der Waals surface area contributed by atoms with E-state index in [0.29, 0.717) is 24.7 Å². The van der Waals surface area contributed by atoms with Crippen molar-refractivity contribution in [3.05, 3.63) is 0 Å². The van der Waals surface area contributed by atoms with E-state index in [2.05, 4.69) is 17.6 Å². The minimum atomic E-state index is 0.154. The van der Waals surface area contributed by atoms with E-state index in [4.69, 9.17) is 4.74 Å². The number of amides is 1. The van der Waals surface area contributed by atoms with Crippen LogP contribution in [0.25, 0.3) is 0 Å². The zero-order valence-electron chi connectivity index (χ0n) is 11.4. The summed E-state index contributed by atoms with van der Waals surface area (Å²) in [7, 11) is 0. The molecule has 2 N–H and O–H groups in total. The van der Waals surface area contributed by atoms with Gasteiger partial charge >= 0.3 is 0 Å². The second-order valence-electron chi connectivity index (χ2n) is 5.69. The molecule has 1 heterocycles. The van der Waals surface area contributed by atoms with Gasteiger partial charge in [0.2, 0.25) is 5.91 Å². The van der Waals surface area contributed by atoms with Gasteiger partial charge < -0.3 is 15.4 Å². The second-order valence-corrected chi connectivity index (χ2v) is 5.69. The van der Waals surface area contributed by atoms with Crippen LogP contribution in [0.5, 0.6) is 0 Å². The number of carbonyl (C=O) groups is 1. The van der Waals surface area contributed by atoms with E-state index in [1.54, 1.807) is 0 Å². The van der Waals surface area contributed by atoms with E-state index < -0.39 is 0 Å². The average Bonchev–Trinajstić information content (AvgIpc) is 2.38. The van der Waals surface area contributed by atoms with Gasteiger partial charge in [-0.05, 0) is 32.6 Å². The van der Waals surface area contributed by atoms with Gasteiger partial charge in [0, 0.05) is 18.7 Å². The average molecular weight is 254 g/mol. The van der Waals surface area contributed by atoms with Crippen molar-refractivity contribution in [2.24, 2.45) is 0 Å². The van der Waals surface area contributed by atoms with Crippen molar-refractivity contribution in [2.45, 2.75) is 70.1 Å². The SMILES string of the molecule is CC1CC(NCC(=O)NC2CCCCC2)CCO1. The number of rotatable bonds is 4. The smallest absolute Gasteiger partial charge is 0.234 e. The Morgan fingerprint density at radius 2 is 1.94 bits per heavy atom. The molecule has 2 atom stereocenters. The summed E-state index contributed by atoms with van der Waals surface area (Å²) in [5.41, 5.74) is 0. The van der Waals surface area contributed by atoms with Gasteiger partial charge in [0.25, 0.3) is 0 Å². The quantitative estimate of drug-likeness (QED) is 0.801. The number of nitrogens with one attached hydrogen (secondary N) is 2. The molecule has 2 unspecified atom stereocenters. The van der Waals surface area contributed by atoms with Crippen molar-refractivity contribution < 1.29 is 9.53 Å². The van der Waals surface area contributed by atoms with Gasteiger partial charge in [-0.2, -0.15) is 0 Å². The van der Waals surface area contributed by atoms with E-state index >= 15 is 0 Å². The number of carbonyl (C=O) groups excluding carboxylic acids is 1. The van der Waals surface area contributed by atoms with Crippen LogP contribution in [0.2, 0.25) is 0 Å². The van der Waals surface area contributed by atoms with Crippen LogP contribution in [0.1, 0.15) is 51.9 Å². The molecule has 1 saturated carbocycles. The highest BCUT2D eigenvalue weighted by molar-refractivity contribution is 5.78. The maximum absolute atomic E-state index is 11.8. The molecule has 1 aliphatic heterocycles. The van der Waals surface area contributed by atoms with E-state index in [1.165, 1.54) is 19.3 Å². The molecular formula is C14H26N2O2. The Labute approximate surface area is 110 Å². The third-order valence-corrected chi connectivity index (χ3v) is 4.01. The summed E-state index contributed by atoms with van der Waals surface area (Å²) in [4.78, 5) is 11.8. The molecular weight excluding hydrogens is 228 g/mol. The summed E-state index contributed by atoms with van der Waals surface area (Å²) in [6.45, 7) is 3.35. The van der Waals surface area contributed by atoms with Crippen LogP contribution in [-0.2, 0) is 9.53 Å². The third kappa shape index (κ3) is 4.58. The number of hydrogen-bond acceptors (Lipinski definition) is 3. The zero-order valence-corrected chi connectivity index (χ0v) is 11.4. The van der Waals surface area contributed by atoms with Crippen LogP contribution >= 0.6 is 0 Å². The molecule has 2 aliphatic rings. The first kappa shape index (κ1) is 13.8. The molecule has 1 saturated heterocycles. The summed E-state index contributed by atoms with van der Waals surface area (Å²) in [6, 6.07) is 0.854. The summed E-state index contributed by atoms with van der Waals surface area (Å²) in [5, 5.41) is 6.49. The van der Waals surface area contributed by atoms with Crippen LogP contribution in [-0.4, -0.2) is 37.2 Å². The first-order chi connectivity index (χ1) is 8.74. The van der Waals surface area contributed by atoms with Crippen LogP contribution < -0.4 is 10.6 Å². The fourth-order valence-corrected chi connectivity index (χ4v) is 2.95. The van der Waals surface area contributed by atoms with Crippen molar-refractivity contribution in [1.82, 2.24) is 10.6 Å². The van der Waals surface area contributed by atoms with E-state index in [1.807, 2.05) is 0 Å². The van der Waals surface area contributed by atoms with Crippen LogP contribution in [0.15, 0.2) is 0 Å². The monoisotopic (exact) mass is 254 g/mol. The molecule has 4 heteroatoms. The van der Waals surface area contributed by atoms with Crippen LogP contribution in [0.3, 0.4) is 0 Å². The Balaban J connectivity index is 1.61. The second kappa shape index (κ2) is 7.10. The van der Waals surface area contributed by atoms with Gasteiger partial charge in [-0.3, -0.25) is 4.79 Å². The molecule has 2 fully saturated rings. The molecule has 0 spiro atoms. The highest BCUT2D eigenvalue weighted by atomic mass is 16.5. The largest absolute Gasteiger partial charge is 0.378 e. The topological polar surface area (TPSA) is 50.4 Å². The van der Waals surface area contributed by atoms with Gasteiger partial charge in [-0.15, -0.1) is 0 Å². The Bertz CT molecular complexity index is 265. The molecule has 2 rings (SSSR count). The van der Waals surface area contributed by atoms with Gasteiger partial charge in [0.05, 0.1) is 12.6 Å². The summed E-state index contributed by atoms with van der Waals surface area (Å²) < 4.78 is 5.50. The first-order valence-corrected chi connectivity index (χ1v) is 7.38. The highest BCUT2D eigenvalue weighted by Crippen LogP contribution is 2.17. The molecule has 0 aromatic heterocycles. The van der Waals surface area contributed by atoms with Crippen molar-refractivity contribution in [3.63, 3.8) is 0 Å². The van der Waals surface area contributed by atoms with Crippen molar-refractivity contribution >= 4 is 5.91 Å². The normalized spacial score (nSPS) is 30.1. The fraction of sp³-hybridized carbons (Fsp3) is 0.929. The van der Waals surface area contributed by atoms with Gasteiger partial charge in [-0.1, -0.05) is 19.3 Å². The Morgan fingerprint density at radius 1 is 1.17 bits per heavy atom. The predicted octanol–water partition coefficient (Wildman–Crippen LogP) is 1.59. The highest BCUT2D eigenvalue weighted by Gasteiger charge is 2.20. The van der Waals surface area contributed by atoms with E-state index in [-0.39, 0.29) is 5.91 Å². The molecule has 4 nitrogen and oxygen atoms in total. The van der Waals surface area contributed by atoms with Crippen molar-refractivity contribution in [1.29, 1.82) is 0 Å². The number of hydrogen-bond donors (Lipinski definition) is 2. The molecule has 1 aliphatic carbocycles. The van der Waals surface area contributed by atoms with E-state index in [9.17, 15) is 4.79 Å². The predicted molar refractivity (Wildman–Crippen MR) is 71.5 cm³/mol. The van der Waals surface area contributed by atoms with Crippen LogP contribution in [0, 0.1) is 0 Å². The zero-order chi connectivity index (χ0) is 12.8. The summed E-state index contributed by atoms with van der Waals surface area (Å²) >= 11 is 0. The Morgan fingerprint density at radius 3 is 2.67 bits per heavy atom. The minimum absolute atomic E-state index is 0.154. The lowest BCUT2D eigenvalue weighted by atomic mass is 9.95. The van der Waals surface area contributed by atoms with Gasteiger partial charge in [-0.25, -0.2) is 0 Å². The molecule has 0 radical (unpaired) electrons. The maximum Gasteiger partial charge on any atom is 0.234 e. The summed E-state index contributed by atoms with van der Waals surface area (Å²) in [5.74, 6) is 0.154. The third-order valence-electron chi connectivity index (χ3n) is 4.01. The standard InChI is InChI=1S/C14H26N2O2/c1-11-9-13(7-8-18-11)15-10-14(17)16-12-5-3-2-4-6-12/h11-13,15H,2-10H2,1H3,(H,16,17). The Hall–Kier alpha value is -0.610. The van der Waals surface area contributed by atoms with Gasteiger partial charge in [0.15, 0.2) is 0 Å². The fourth-order valence-electron chi connectivity index (χ4n) is 2.95. The molecule has 18 heavy (non-hydrogen) atoms. The van der Waals surface area contributed by atoms with Crippen molar-refractivity contribution in [3.8, 4) is 0 Å². The van der Waals surface area contributed by atoms with Gasteiger partial charge in [0.1, 0.15) is 0 Å². The minimum Gasteiger partial charge on any atom is -0.378 e. The lowest BCUT2D eigenvalue weighted by Crippen LogP contribution is -2.46. The molecule has 0 aromatic rings. The lowest BCUT2D eigenvalue weighted by molar-refractivity contribution is -0.121. The molecule has 1 amide bonds. The van der Waals surface area contributed by atoms with Crippen molar-refractivity contribution in [2.75, 3.05) is 13.2 Å². The molecule has 0 bridgehead atoms. The number of ether oxygens (including phenoxy) is 1. The Kier molecular flexibility index (Phi) is 5.45. The van der Waals surface area contributed by atoms with E-state index in [0.717, 1.165) is 32.3 Å².